The zero-order valence-electron chi connectivity index (χ0n) is 6.15. The van der Waals surface area contributed by atoms with Crippen molar-refractivity contribution in [2.75, 3.05) is 7.11 Å². The van der Waals surface area contributed by atoms with Crippen LogP contribution in [0.3, 0.4) is 0 Å². The summed E-state index contributed by atoms with van der Waals surface area (Å²) in [5.74, 6) is -1.51. The van der Waals surface area contributed by atoms with Gasteiger partial charge in [0.05, 0.1) is 12.0 Å². The zero-order chi connectivity index (χ0) is 9.14. The largest absolute Gasteiger partial charge is 0.479 e. The topological polar surface area (TPSA) is 59.4 Å². The molecule has 6 heteroatoms. The second-order valence-corrected chi connectivity index (χ2v) is 2.96. The van der Waals surface area contributed by atoms with Gasteiger partial charge < -0.3 is 9.84 Å². The van der Waals surface area contributed by atoms with Crippen molar-refractivity contribution in [3.05, 3.63) is 11.1 Å². The van der Waals surface area contributed by atoms with Crippen LogP contribution in [0.1, 0.15) is 11.0 Å². The Hall–Kier alpha value is -1.17. The van der Waals surface area contributed by atoms with Crippen LogP contribution in [-0.4, -0.2) is 23.2 Å². The Morgan fingerprint density at radius 1 is 1.92 bits per heavy atom. The number of alkyl halides is 1. The highest BCUT2D eigenvalue weighted by molar-refractivity contribution is 7.13. The Bertz CT molecular complexity index is 288. The Morgan fingerprint density at radius 3 is 3.00 bits per heavy atom. The highest BCUT2D eigenvalue weighted by Crippen LogP contribution is 2.27. The summed E-state index contributed by atoms with van der Waals surface area (Å²) in [6.45, 7) is 0. The van der Waals surface area contributed by atoms with Crippen LogP contribution in [0.4, 0.5) is 4.39 Å². The van der Waals surface area contributed by atoms with Gasteiger partial charge in [-0.25, -0.2) is 14.2 Å². The average Bonchev–Trinajstić information content (AvgIpc) is 2.50. The van der Waals surface area contributed by atoms with Crippen LogP contribution in [0, 0.1) is 0 Å². The van der Waals surface area contributed by atoms with Crippen LogP contribution in [0.2, 0.25) is 0 Å². The predicted molar refractivity (Wildman–Crippen MR) is 40.2 cm³/mol. The van der Waals surface area contributed by atoms with Crippen LogP contribution in [-0.2, 0) is 4.79 Å². The molecule has 0 saturated heterocycles. The lowest BCUT2D eigenvalue weighted by atomic mass is 10.3. The molecule has 1 heterocycles. The molecule has 0 aromatic carbocycles. The normalized spacial score (nSPS) is 12.5. The molecule has 12 heavy (non-hydrogen) atoms. The maximum atomic E-state index is 12.7. The molecule has 0 saturated carbocycles. The number of ether oxygens (including phenoxy) is 1. The molecule has 66 valence electrons. The van der Waals surface area contributed by atoms with Crippen LogP contribution in [0.25, 0.3) is 0 Å². The maximum absolute atomic E-state index is 12.7. The van der Waals surface area contributed by atoms with E-state index in [4.69, 9.17) is 5.11 Å². The quantitative estimate of drug-likeness (QED) is 0.781. The first-order chi connectivity index (χ1) is 5.65. The van der Waals surface area contributed by atoms with Gasteiger partial charge in [0.1, 0.15) is 0 Å². The molecular weight excluding hydrogens is 185 g/mol. The average molecular weight is 191 g/mol. The number of methoxy groups -OCH3 is 1. The van der Waals surface area contributed by atoms with E-state index in [0.29, 0.717) is 0 Å². The summed E-state index contributed by atoms with van der Waals surface area (Å²) in [4.78, 5) is 13.8. The lowest BCUT2D eigenvalue weighted by Gasteiger charge is -1.95. The Morgan fingerprint density at radius 2 is 2.58 bits per heavy atom. The standard InChI is InChI=1S/C6H6FNO3S/c1-11-6-8-2-3(12-6)4(7)5(9)10/h2,4H,1H3,(H,9,10). The van der Waals surface area contributed by atoms with Crippen molar-refractivity contribution >= 4 is 17.3 Å². The number of hydrogen-bond donors (Lipinski definition) is 1. The number of thiazole rings is 1. The summed E-state index contributed by atoms with van der Waals surface area (Å²) >= 11 is 0.880. The minimum absolute atomic E-state index is 0.0411. The van der Waals surface area contributed by atoms with Gasteiger partial charge in [0.2, 0.25) is 6.17 Å². The van der Waals surface area contributed by atoms with E-state index in [1.54, 1.807) is 0 Å². The molecule has 0 aliphatic rings. The summed E-state index contributed by atoms with van der Waals surface area (Å²) in [5.41, 5.74) is 0. The van der Waals surface area contributed by atoms with Gasteiger partial charge in [-0.05, 0) is 0 Å². The summed E-state index contributed by atoms with van der Waals surface area (Å²) in [6, 6.07) is 0. The van der Waals surface area contributed by atoms with Crippen molar-refractivity contribution in [3.8, 4) is 5.19 Å². The van der Waals surface area contributed by atoms with Gasteiger partial charge in [0.15, 0.2) is 0 Å². The number of aliphatic carboxylic acids is 1. The van der Waals surface area contributed by atoms with Gasteiger partial charge >= 0.3 is 5.97 Å². The monoisotopic (exact) mass is 191 g/mol. The third kappa shape index (κ3) is 1.70. The molecule has 4 nitrogen and oxygen atoms in total. The zero-order valence-corrected chi connectivity index (χ0v) is 6.97. The van der Waals surface area contributed by atoms with Crippen molar-refractivity contribution < 1.29 is 19.0 Å². The number of carbonyl (C=O) groups is 1. The lowest BCUT2D eigenvalue weighted by molar-refractivity contribution is -0.142. The number of carboxylic acid groups (broad SMARTS) is 1. The molecule has 1 aromatic rings. The molecule has 0 fully saturated rings. The van der Waals surface area contributed by atoms with Crippen molar-refractivity contribution in [2.45, 2.75) is 6.17 Å². The van der Waals surface area contributed by atoms with E-state index in [1.165, 1.54) is 7.11 Å². The van der Waals surface area contributed by atoms with Crippen LogP contribution < -0.4 is 4.74 Å². The molecular formula is C6H6FNO3S. The molecule has 0 radical (unpaired) electrons. The Balaban J connectivity index is 2.81. The molecule has 0 amide bonds. The molecule has 1 atom stereocenters. The summed E-state index contributed by atoms with van der Waals surface area (Å²) in [6.07, 6.45) is -0.853. The van der Waals surface area contributed by atoms with E-state index < -0.39 is 12.1 Å². The van der Waals surface area contributed by atoms with Crippen molar-refractivity contribution in [2.24, 2.45) is 0 Å². The smallest absolute Gasteiger partial charge is 0.343 e. The van der Waals surface area contributed by atoms with Crippen LogP contribution in [0.5, 0.6) is 5.19 Å². The van der Waals surface area contributed by atoms with E-state index in [2.05, 4.69) is 9.72 Å². The van der Waals surface area contributed by atoms with E-state index in [9.17, 15) is 9.18 Å². The third-order valence-corrected chi connectivity index (χ3v) is 2.14. The van der Waals surface area contributed by atoms with E-state index in [-0.39, 0.29) is 10.1 Å². The van der Waals surface area contributed by atoms with E-state index >= 15 is 0 Å². The maximum Gasteiger partial charge on any atom is 0.343 e. The molecule has 1 unspecified atom stereocenters. The fourth-order valence-corrected chi connectivity index (χ4v) is 1.30. The second-order valence-electron chi connectivity index (χ2n) is 1.93. The summed E-state index contributed by atoms with van der Waals surface area (Å²) in [7, 11) is 1.39. The SMILES string of the molecule is COc1ncc(C(F)C(=O)O)s1. The Kier molecular flexibility index (Phi) is 2.59. The predicted octanol–water partition coefficient (Wildman–Crippen LogP) is 1.25. The number of hydrogen-bond acceptors (Lipinski definition) is 4. The van der Waals surface area contributed by atoms with Gasteiger partial charge in [0.25, 0.3) is 5.19 Å². The van der Waals surface area contributed by atoms with Gasteiger partial charge in [-0.1, -0.05) is 11.3 Å². The van der Waals surface area contributed by atoms with Crippen molar-refractivity contribution in [1.29, 1.82) is 0 Å². The molecule has 0 bridgehead atoms. The molecule has 0 aliphatic carbocycles. The highest BCUT2D eigenvalue weighted by Gasteiger charge is 2.21. The first kappa shape index (κ1) is 8.92. The van der Waals surface area contributed by atoms with Gasteiger partial charge in [-0.2, -0.15) is 0 Å². The first-order valence-corrected chi connectivity index (χ1v) is 3.83. The minimum Gasteiger partial charge on any atom is -0.479 e. The molecule has 1 rings (SSSR count). The van der Waals surface area contributed by atoms with Crippen molar-refractivity contribution in [1.82, 2.24) is 4.98 Å². The fourth-order valence-electron chi connectivity index (χ4n) is 0.603. The molecule has 0 spiro atoms. The summed E-state index contributed by atoms with van der Waals surface area (Å²) < 4.78 is 17.4. The first-order valence-electron chi connectivity index (χ1n) is 3.01. The Labute approximate surface area is 71.6 Å². The van der Waals surface area contributed by atoms with Crippen LogP contribution >= 0.6 is 11.3 Å². The third-order valence-electron chi connectivity index (χ3n) is 1.14. The molecule has 0 aliphatic heterocycles. The molecule has 1 aromatic heterocycles. The lowest BCUT2D eigenvalue weighted by Crippen LogP contribution is -2.03. The van der Waals surface area contributed by atoms with Crippen LogP contribution in [0.15, 0.2) is 6.20 Å². The van der Waals surface area contributed by atoms with Gasteiger partial charge in [-0.15, -0.1) is 0 Å². The van der Waals surface area contributed by atoms with Gasteiger partial charge in [-0.3, -0.25) is 0 Å². The number of nitrogens with zero attached hydrogens (tertiary/aromatic N) is 1. The van der Waals surface area contributed by atoms with E-state index in [1.807, 2.05) is 0 Å². The minimum atomic E-state index is -2.01. The van der Waals surface area contributed by atoms with Crippen molar-refractivity contribution in [3.63, 3.8) is 0 Å². The number of aromatic nitrogens is 1. The van der Waals surface area contributed by atoms with E-state index in [0.717, 1.165) is 17.5 Å². The fraction of sp³-hybridized carbons (Fsp3) is 0.333. The summed E-state index contributed by atoms with van der Waals surface area (Å²) in [5, 5.41) is 8.54. The number of rotatable bonds is 3. The highest BCUT2D eigenvalue weighted by atomic mass is 32.1. The second kappa shape index (κ2) is 3.48. The number of carboxylic acids is 1. The molecule has 1 N–H and O–H groups in total. The van der Waals surface area contributed by atoms with Gasteiger partial charge in [0, 0.05) is 6.20 Å². The number of halogens is 1.